The monoisotopic (exact) mass is 347 g/mol. The number of amides is 1. The first-order chi connectivity index (χ1) is 12.7. The van der Waals surface area contributed by atoms with Crippen molar-refractivity contribution in [1.29, 1.82) is 5.26 Å². The summed E-state index contributed by atoms with van der Waals surface area (Å²) in [7, 11) is 0. The van der Waals surface area contributed by atoms with Gasteiger partial charge in [0.05, 0.1) is 11.6 Å². The molecule has 132 valence electrons. The first-order valence-corrected chi connectivity index (χ1v) is 8.97. The Morgan fingerprint density at radius 3 is 2.62 bits per heavy atom. The van der Waals surface area contributed by atoms with Crippen LogP contribution in [0.5, 0.6) is 0 Å². The van der Waals surface area contributed by atoms with Gasteiger partial charge in [-0.25, -0.2) is 0 Å². The summed E-state index contributed by atoms with van der Waals surface area (Å²) in [6.45, 7) is 3.37. The Bertz CT molecular complexity index is 829. The third-order valence-corrected chi connectivity index (χ3v) is 5.24. The fourth-order valence-corrected chi connectivity index (χ4v) is 3.61. The highest BCUT2D eigenvalue weighted by molar-refractivity contribution is 5.95. The molecule has 26 heavy (non-hydrogen) atoms. The molecule has 5 nitrogen and oxygen atoms in total. The van der Waals surface area contributed by atoms with Crippen LogP contribution in [-0.4, -0.2) is 37.1 Å². The molecular formula is C21H21N3O2. The standard InChI is InChI=1S/C21H21N3O2/c22-11-15-4-6-19(7-5-15)23-20-3-1-2-16(10-20)21(25)24-12-18(13-24)17-8-9-26-14-17/h1-7,10,17-18,23H,8-9,12-14H2. The summed E-state index contributed by atoms with van der Waals surface area (Å²) >= 11 is 0. The summed E-state index contributed by atoms with van der Waals surface area (Å²) < 4.78 is 5.45. The minimum atomic E-state index is 0.0867. The summed E-state index contributed by atoms with van der Waals surface area (Å²) in [4.78, 5) is 14.6. The highest BCUT2D eigenvalue weighted by atomic mass is 16.5. The summed E-state index contributed by atoms with van der Waals surface area (Å²) in [6, 6.07) is 16.9. The lowest BCUT2D eigenvalue weighted by Gasteiger charge is -2.42. The predicted octanol–water partition coefficient (Wildman–Crippen LogP) is 3.41. The zero-order valence-corrected chi connectivity index (χ0v) is 14.5. The second-order valence-corrected chi connectivity index (χ2v) is 6.99. The molecule has 1 amide bonds. The number of nitrogens with zero attached hydrogens (tertiary/aromatic N) is 2. The Hall–Kier alpha value is -2.84. The molecular weight excluding hydrogens is 326 g/mol. The Labute approximate surface area is 153 Å². The van der Waals surface area contributed by atoms with Gasteiger partial charge in [-0.15, -0.1) is 0 Å². The van der Waals surface area contributed by atoms with Crippen molar-refractivity contribution in [2.75, 3.05) is 31.6 Å². The lowest BCUT2D eigenvalue weighted by atomic mass is 9.85. The summed E-state index contributed by atoms with van der Waals surface area (Å²) in [5.74, 6) is 1.29. The number of carbonyl (C=O) groups excluding carboxylic acids is 1. The number of benzene rings is 2. The number of rotatable bonds is 4. The topological polar surface area (TPSA) is 65.4 Å². The molecule has 1 unspecified atom stereocenters. The van der Waals surface area contributed by atoms with Gasteiger partial charge in [0.25, 0.3) is 5.91 Å². The van der Waals surface area contributed by atoms with Crippen LogP contribution in [0.3, 0.4) is 0 Å². The van der Waals surface area contributed by atoms with Gasteiger partial charge in [-0.1, -0.05) is 6.07 Å². The lowest BCUT2D eigenvalue weighted by molar-refractivity contribution is 0.0342. The van der Waals surface area contributed by atoms with Gasteiger partial charge in [0, 0.05) is 43.2 Å². The van der Waals surface area contributed by atoms with E-state index in [1.165, 1.54) is 0 Å². The van der Waals surface area contributed by atoms with Gasteiger partial charge in [0.1, 0.15) is 0 Å². The van der Waals surface area contributed by atoms with Crippen molar-refractivity contribution in [3.63, 3.8) is 0 Å². The fraction of sp³-hybridized carbons (Fsp3) is 0.333. The maximum absolute atomic E-state index is 12.7. The molecule has 0 aliphatic carbocycles. The number of nitriles is 1. The number of hydrogen-bond donors (Lipinski definition) is 1. The van der Waals surface area contributed by atoms with Crippen LogP contribution < -0.4 is 5.32 Å². The Balaban J connectivity index is 1.39. The van der Waals surface area contributed by atoms with Crippen molar-refractivity contribution in [3.8, 4) is 6.07 Å². The summed E-state index contributed by atoms with van der Waals surface area (Å²) in [6.07, 6.45) is 1.12. The molecule has 0 saturated carbocycles. The second kappa shape index (κ2) is 7.19. The second-order valence-electron chi connectivity index (χ2n) is 6.99. The molecule has 2 heterocycles. The van der Waals surface area contributed by atoms with Crippen LogP contribution in [0.2, 0.25) is 0 Å². The van der Waals surface area contributed by atoms with E-state index in [2.05, 4.69) is 11.4 Å². The van der Waals surface area contributed by atoms with Gasteiger partial charge in [-0.05, 0) is 60.7 Å². The highest BCUT2D eigenvalue weighted by Gasteiger charge is 2.37. The van der Waals surface area contributed by atoms with Crippen molar-refractivity contribution in [1.82, 2.24) is 4.90 Å². The van der Waals surface area contributed by atoms with Crippen molar-refractivity contribution < 1.29 is 9.53 Å². The largest absolute Gasteiger partial charge is 0.381 e. The van der Waals surface area contributed by atoms with E-state index in [9.17, 15) is 4.79 Å². The third-order valence-electron chi connectivity index (χ3n) is 5.24. The molecule has 0 aromatic heterocycles. The molecule has 0 spiro atoms. The molecule has 2 aliphatic heterocycles. The first-order valence-electron chi connectivity index (χ1n) is 8.97. The fourth-order valence-electron chi connectivity index (χ4n) is 3.61. The van der Waals surface area contributed by atoms with Crippen LogP contribution in [0.4, 0.5) is 11.4 Å². The average Bonchev–Trinajstić information content (AvgIpc) is 3.15. The number of carbonyl (C=O) groups is 1. The van der Waals surface area contributed by atoms with E-state index in [1.807, 2.05) is 41.3 Å². The minimum absolute atomic E-state index is 0.0867. The molecule has 5 heteroatoms. The van der Waals surface area contributed by atoms with Crippen molar-refractivity contribution in [2.24, 2.45) is 11.8 Å². The molecule has 2 aromatic rings. The number of hydrogen-bond acceptors (Lipinski definition) is 4. The van der Waals surface area contributed by atoms with Crippen LogP contribution in [-0.2, 0) is 4.74 Å². The van der Waals surface area contributed by atoms with E-state index in [0.29, 0.717) is 23.0 Å². The third kappa shape index (κ3) is 3.42. The molecule has 1 N–H and O–H groups in total. The average molecular weight is 347 g/mol. The van der Waals surface area contributed by atoms with Gasteiger partial charge < -0.3 is 15.0 Å². The Morgan fingerprint density at radius 1 is 1.12 bits per heavy atom. The van der Waals surface area contributed by atoms with Crippen LogP contribution in [0.25, 0.3) is 0 Å². The van der Waals surface area contributed by atoms with Gasteiger partial charge >= 0.3 is 0 Å². The lowest BCUT2D eigenvalue weighted by Crippen LogP contribution is -2.52. The van der Waals surface area contributed by atoms with Crippen molar-refractivity contribution in [2.45, 2.75) is 6.42 Å². The maximum atomic E-state index is 12.7. The number of ether oxygens (including phenoxy) is 1. The van der Waals surface area contributed by atoms with Crippen molar-refractivity contribution in [3.05, 3.63) is 59.7 Å². The van der Waals surface area contributed by atoms with Gasteiger partial charge in [0.2, 0.25) is 0 Å². The van der Waals surface area contributed by atoms with Gasteiger partial charge in [0.15, 0.2) is 0 Å². The smallest absolute Gasteiger partial charge is 0.253 e. The maximum Gasteiger partial charge on any atom is 0.253 e. The van der Waals surface area contributed by atoms with Gasteiger partial charge in [-0.3, -0.25) is 4.79 Å². The number of anilines is 2. The van der Waals surface area contributed by atoms with E-state index < -0.39 is 0 Å². The van der Waals surface area contributed by atoms with Crippen LogP contribution in [0.1, 0.15) is 22.3 Å². The summed E-state index contributed by atoms with van der Waals surface area (Å²) in [5.41, 5.74) is 3.07. The van der Waals surface area contributed by atoms with E-state index in [4.69, 9.17) is 10.00 Å². The molecule has 2 aromatic carbocycles. The van der Waals surface area contributed by atoms with E-state index in [1.54, 1.807) is 12.1 Å². The number of nitrogens with one attached hydrogen (secondary N) is 1. The molecule has 1 atom stereocenters. The van der Waals surface area contributed by atoms with Crippen LogP contribution >= 0.6 is 0 Å². The Kier molecular flexibility index (Phi) is 4.59. The summed E-state index contributed by atoms with van der Waals surface area (Å²) in [5, 5.41) is 12.1. The van der Waals surface area contributed by atoms with Crippen LogP contribution in [0, 0.1) is 23.2 Å². The van der Waals surface area contributed by atoms with Crippen molar-refractivity contribution >= 4 is 17.3 Å². The van der Waals surface area contributed by atoms with Gasteiger partial charge in [-0.2, -0.15) is 5.26 Å². The minimum Gasteiger partial charge on any atom is -0.381 e. The quantitative estimate of drug-likeness (QED) is 0.920. The SMILES string of the molecule is N#Cc1ccc(Nc2cccc(C(=O)N3CC(C4CCOC4)C3)c2)cc1. The van der Waals surface area contributed by atoms with E-state index >= 15 is 0 Å². The zero-order chi connectivity index (χ0) is 17.9. The van der Waals surface area contributed by atoms with Crippen LogP contribution in [0.15, 0.2) is 48.5 Å². The molecule has 4 rings (SSSR count). The zero-order valence-electron chi connectivity index (χ0n) is 14.5. The molecule has 2 saturated heterocycles. The molecule has 2 fully saturated rings. The highest BCUT2D eigenvalue weighted by Crippen LogP contribution is 2.31. The van der Waals surface area contributed by atoms with E-state index in [0.717, 1.165) is 44.1 Å². The normalized spacial score (nSPS) is 19.7. The predicted molar refractivity (Wildman–Crippen MR) is 99.2 cm³/mol. The molecule has 0 bridgehead atoms. The Morgan fingerprint density at radius 2 is 1.92 bits per heavy atom. The number of likely N-dealkylation sites (tertiary alicyclic amines) is 1. The molecule has 2 aliphatic rings. The van der Waals surface area contributed by atoms with E-state index in [-0.39, 0.29) is 5.91 Å². The first kappa shape index (κ1) is 16.6. The molecule has 0 radical (unpaired) electrons.